The lowest BCUT2D eigenvalue weighted by Gasteiger charge is -2.34. The van der Waals surface area contributed by atoms with Crippen molar-refractivity contribution in [3.05, 3.63) is 29.8 Å². The van der Waals surface area contributed by atoms with E-state index >= 15 is 0 Å². The van der Waals surface area contributed by atoms with E-state index in [0.717, 1.165) is 5.69 Å². The van der Waals surface area contributed by atoms with Crippen LogP contribution in [0.2, 0.25) is 0 Å². The Bertz CT molecular complexity index is 629. The molecule has 1 unspecified atom stereocenters. The van der Waals surface area contributed by atoms with Gasteiger partial charge in [0.05, 0.1) is 0 Å². The molecule has 3 rings (SSSR count). The molecule has 7 heteroatoms. The van der Waals surface area contributed by atoms with Crippen molar-refractivity contribution in [1.82, 2.24) is 15.5 Å². The maximum atomic E-state index is 12.7. The molecular formula is C16H20N4O3. The van der Waals surface area contributed by atoms with Gasteiger partial charge in [0.25, 0.3) is 5.91 Å². The van der Waals surface area contributed by atoms with Crippen LogP contribution >= 0.6 is 0 Å². The molecule has 1 aromatic rings. The SMILES string of the molecule is CCC1C(=O)NCCN1C(=O)c1ccc(N2CCNC2=O)cc1. The molecule has 0 aromatic heterocycles. The van der Waals surface area contributed by atoms with E-state index in [9.17, 15) is 14.4 Å². The van der Waals surface area contributed by atoms with Crippen LogP contribution in [0.4, 0.5) is 10.5 Å². The summed E-state index contributed by atoms with van der Waals surface area (Å²) in [6, 6.07) is 6.42. The van der Waals surface area contributed by atoms with E-state index in [1.165, 1.54) is 0 Å². The molecule has 2 fully saturated rings. The average Bonchev–Trinajstić information content (AvgIpc) is 3.00. The Morgan fingerprint density at radius 3 is 2.43 bits per heavy atom. The highest BCUT2D eigenvalue weighted by molar-refractivity contribution is 5.99. The Balaban J connectivity index is 1.77. The number of hydrogen-bond acceptors (Lipinski definition) is 3. The van der Waals surface area contributed by atoms with Crippen molar-refractivity contribution < 1.29 is 14.4 Å². The van der Waals surface area contributed by atoms with E-state index in [1.54, 1.807) is 34.1 Å². The number of anilines is 1. The molecule has 2 aliphatic heterocycles. The van der Waals surface area contributed by atoms with Crippen molar-refractivity contribution in [2.75, 3.05) is 31.1 Å². The minimum atomic E-state index is -0.416. The number of hydrogen-bond donors (Lipinski definition) is 2. The predicted molar refractivity (Wildman–Crippen MR) is 85.3 cm³/mol. The molecule has 7 nitrogen and oxygen atoms in total. The third kappa shape index (κ3) is 2.86. The Labute approximate surface area is 134 Å². The van der Waals surface area contributed by atoms with Crippen LogP contribution in [0, 0.1) is 0 Å². The molecule has 0 aliphatic carbocycles. The van der Waals surface area contributed by atoms with Crippen LogP contribution < -0.4 is 15.5 Å². The monoisotopic (exact) mass is 316 g/mol. The number of nitrogens with zero attached hydrogens (tertiary/aromatic N) is 2. The minimum Gasteiger partial charge on any atom is -0.353 e. The zero-order valence-electron chi connectivity index (χ0n) is 13.0. The van der Waals surface area contributed by atoms with Crippen LogP contribution in [-0.2, 0) is 4.79 Å². The van der Waals surface area contributed by atoms with Gasteiger partial charge in [-0.05, 0) is 30.7 Å². The van der Waals surface area contributed by atoms with Gasteiger partial charge in [-0.15, -0.1) is 0 Å². The minimum absolute atomic E-state index is 0.0996. The van der Waals surface area contributed by atoms with Crippen LogP contribution in [0.25, 0.3) is 0 Å². The highest BCUT2D eigenvalue weighted by Gasteiger charge is 2.32. The number of nitrogens with one attached hydrogen (secondary N) is 2. The van der Waals surface area contributed by atoms with Gasteiger partial charge in [0.2, 0.25) is 5.91 Å². The molecule has 0 bridgehead atoms. The fourth-order valence-electron chi connectivity index (χ4n) is 3.03. The number of benzene rings is 1. The van der Waals surface area contributed by atoms with Crippen LogP contribution in [0.1, 0.15) is 23.7 Å². The van der Waals surface area contributed by atoms with Gasteiger partial charge in [0, 0.05) is 37.4 Å². The van der Waals surface area contributed by atoms with Crippen molar-refractivity contribution in [3.63, 3.8) is 0 Å². The summed E-state index contributed by atoms with van der Waals surface area (Å²) in [6.07, 6.45) is 0.587. The standard InChI is InChI=1S/C16H20N4O3/c1-2-13-14(21)17-7-10-20(13)15(22)11-3-5-12(6-4-11)19-9-8-18-16(19)23/h3-6,13H,2,7-10H2,1H3,(H,17,21)(H,18,23). The molecule has 2 aliphatic rings. The molecule has 0 saturated carbocycles. The quantitative estimate of drug-likeness (QED) is 0.855. The zero-order valence-corrected chi connectivity index (χ0v) is 13.0. The van der Waals surface area contributed by atoms with Gasteiger partial charge in [-0.2, -0.15) is 0 Å². The third-order valence-electron chi connectivity index (χ3n) is 4.26. The molecule has 122 valence electrons. The molecule has 1 atom stereocenters. The number of piperazine rings is 1. The Morgan fingerprint density at radius 1 is 1.13 bits per heavy atom. The summed E-state index contributed by atoms with van der Waals surface area (Å²) in [5.41, 5.74) is 1.29. The summed E-state index contributed by atoms with van der Waals surface area (Å²) >= 11 is 0. The number of rotatable bonds is 3. The summed E-state index contributed by atoms with van der Waals surface area (Å²) in [7, 11) is 0. The smallest absolute Gasteiger partial charge is 0.321 e. The van der Waals surface area contributed by atoms with Crippen molar-refractivity contribution in [3.8, 4) is 0 Å². The van der Waals surface area contributed by atoms with E-state index < -0.39 is 6.04 Å². The van der Waals surface area contributed by atoms with Gasteiger partial charge >= 0.3 is 6.03 Å². The molecule has 1 aromatic carbocycles. The largest absolute Gasteiger partial charge is 0.353 e. The number of carbonyl (C=O) groups excluding carboxylic acids is 3. The predicted octanol–water partition coefficient (Wildman–Crippen LogP) is 0.567. The van der Waals surface area contributed by atoms with Crippen molar-refractivity contribution in [2.45, 2.75) is 19.4 Å². The van der Waals surface area contributed by atoms with E-state index in [1.807, 2.05) is 6.92 Å². The normalized spacial score (nSPS) is 21.2. The lowest BCUT2D eigenvalue weighted by molar-refractivity contribution is -0.127. The summed E-state index contributed by atoms with van der Waals surface area (Å²) in [5.74, 6) is -0.249. The number of carbonyl (C=O) groups is 3. The Hall–Kier alpha value is -2.57. The zero-order chi connectivity index (χ0) is 16.4. The third-order valence-corrected chi connectivity index (χ3v) is 4.26. The lowest BCUT2D eigenvalue weighted by Crippen LogP contribution is -2.56. The lowest BCUT2D eigenvalue weighted by atomic mass is 10.1. The van der Waals surface area contributed by atoms with Crippen LogP contribution in [0.15, 0.2) is 24.3 Å². The highest BCUT2D eigenvalue weighted by atomic mass is 16.2. The van der Waals surface area contributed by atoms with E-state index in [0.29, 0.717) is 38.2 Å². The van der Waals surface area contributed by atoms with Crippen LogP contribution in [-0.4, -0.2) is 55.0 Å². The summed E-state index contributed by atoms with van der Waals surface area (Å²) in [5, 5.41) is 5.53. The molecular weight excluding hydrogens is 296 g/mol. The fraction of sp³-hybridized carbons (Fsp3) is 0.438. The van der Waals surface area contributed by atoms with E-state index in [-0.39, 0.29) is 17.8 Å². The second-order valence-corrected chi connectivity index (χ2v) is 5.64. The van der Waals surface area contributed by atoms with Gasteiger partial charge in [-0.1, -0.05) is 6.92 Å². The Morgan fingerprint density at radius 2 is 1.83 bits per heavy atom. The maximum absolute atomic E-state index is 12.7. The van der Waals surface area contributed by atoms with Gasteiger partial charge in [0.1, 0.15) is 6.04 Å². The van der Waals surface area contributed by atoms with E-state index in [2.05, 4.69) is 10.6 Å². The first-order valence-corrected chi connectivity index (χ1v) is 7.86. The van der Waals surface area contributed by atoms with E-state index in [4.69, 9.17) is 0 Å². The molecule has 2 heterocycles. The summed E-state index contributed by atoms with van der Waals surface area (Å²) in [6.45, 7) is 4.13. The van der Waals surface area contributed by atoms with Crippen molar-refractivity contribution in [2.24, 2.45) is 0 Å². The molecule has 2 N–H and O–H groups in total. The van der Waals surface area contributed by atoms with Gasteiger partial charge in [-0.3, -0.25) is 14.5 Å². The summed E-state index contributed by atoms with van der Waals surface area (Å²) in [4.78, 5) is 39.5. The highest BCUT2D eigenvalue weighted by Crippen LogP contribution is 2.19. The maximum Gasteiger partial charge on any atom is 0.321 e. The molecule has 23 heavy (non-hydrogen) atoms. The number of urea groups is 1. The first-order chi connectivity index (χ1) is 11.1. The first kappa shape index (κ1) is 15.3. The number of amides is 4. The molecule has 0 spiro atoms. The summed E-state index contributed by atoms with van der Waals surface area (Å²) < 4.78 is 0. The van der Waals surface area contributed by atoms with Gasteiger partial charge < -0.3 is 15.5 Å². The second kappa shape index (κ2) is 6.28. The second-order valence-electron chi connectivity index (χ2n) is 5.64. The topological polar surface area (TPSA) is 81.8 Å². The van der Waals surface area contributed by atoms with Gasteiger partial charge in [-0.25, -0.2) is 4.79 Å². The van der Waals surface area contributed by atoms with Crippen molar-refractivity contribution in [1.29, 1.82) is 0 Å². The van der Waals surface area contributed by atoms with Crippen molar-refractivity contribution >= 4 is 23.5 Å². The van der Waals surface area contributed by atoms with Crippen LogP contribution in [0.5, 0.6) is 0 Å². The molecule has 2 saturated heterocycles. The average molecular weight is 316 g/mol. The Kier molecular flexibility index (Phi) is 4.18. The fourth-order valence-corrected chi connectivity index (χ4v) is 3.03. The van der Waals surface area contributed by atoms with Gasteiger partial charge in [0.15, 0.2) is 0 Å². The van der Waals surface area contributed by atoms with Crippen LogP contribution in [0.3, 0.4) is 0 Å². The molecule has 4 amide bonds. The first-order valence-electron chi connectivity index (χ1n) is 7.86. The molecule has 0 radical (unpaired) electrons.